The normalized spacial score (nSPS) is 10.6. The van der Waals surface area contributed by atoms with Crippen molar-refractivity contribution in [2.75, 3.05) is 9.80 Å². The van der Waals surface area contributed by atoms with E-state index in [4.69, 9.17) is 23.2 Å². The lowest BCUT2D eigenvalue weighted by Gasteiger charge is -2.30. The molecule has 5 rings (SSSR count). The van der Waals surface area contributed by atoms with E-state index < -0.39 is 0 Å². The van der Waals surface area contributed by atoms with E-state index in [1.165, 1.54) is 0 Å². The highest BCUT2D eigenvalue weighted by Crippen LogP contribution is 2.46. The fourth-order valence-electron chi connectivity index (χ4n) is 4.04. The summed E-state index contributed by atoms with van der Waals surface area (Å²) in [4.78, 5) is 4.31. The van der Waals surface area contributed by atoms with Gasteiger partial charge in [0.05, 0.1) is 15.7 Å². The average molecular weight is 481 g/mol. The molecule has 5 aromatic rings. The molecule has 0 saturated heterocycles. The molecule has 0 radical (unpaired) electrons. The van der Waals surface area contributed by atoms with Gasteiger partial charge in [0.1, 0.15) is 0 Å². The lowest BCUT2D eigenvalue weighted by molar-refractivity contribution is 1.25. The van der Waals surface area contributed by atoms with Gasteiger partial charge in [0.2, 0.25) is 0 Å². The SMILES string of the molecule is Clc1cc(N(c2ccccc2)c2ccccc2)cc(N(c2ccccc2)c2ccccc2)c1Cl. The minimum atomic E-state index is 0.489. The first-order chi connectivity index (χ1) is 16.7. The monoisotopic (exact) mass is 480 g/mol. The number of benzene rings is 5. The Bertz CT molecular complexity index is 1280. The van der Waals surface area contributed by atoms with Crippen LogP contribution in [0.5, 0.6) is 0 Å². The lowest BCUT2D eigenvalue weighted by atomic mass is 10.1. The molecule has 34 heavy (non-hydrogen) atoms. The molecule has 0 aromatic heterocycles. The molecule has 0 aliphatic rings. The number of hydrogen-bond donors (Lipinski definition) is 0. The zero-order chi connectivity index (χ0) is 23.3. The smallest absolute Gasteiger partial charge is 0.0834 e. The standard InChI is InChI=1S/C30H22Cl2N2/c31-28-21-27(33(23-13-5-1-6-14-23)24-15-7-2-8-16-24)22-29(30(28)32)34(25-17-9-3-10-18-25)26-19-11-4-12-20-26/h1-22H. The fourth-order valence-corrected chi connectivity index (χ4v) is 4.44. The zero-order valence-corrected chi connectivity index (χ0v) is 19.9. The van der Waals surface area contributed by atoms with E-state index in [2.05, 4.69) is 64.4 Å². The molecule has 0 saturated carbocycles. The molecule has 4 heteroatoms. The van der Waals surface area contributed by atoms with Crippen LogP contribution in [0.3, 0.4) is 0 Å². The molecule has 0 N–H and O–H groups in total. The van der Waals surface area contributed by atoms with E-state index in [1.54, 1.807) is 0 Å². The Morgan fingerprint density at radius 3 is 1.12 bits per heavy atom. The summed E-state index contributed by atoms with van der Waals surface area (Å²) in [6.07, 6.45) is 0. The summed E-state index contributed by atoms with van der Waals surface area (Å²) in [6, 6.07) is 44.8. The second kappa shape index (κ2) is 10.0. The summed E-state index contributed by atoms with van der Waals surface area (Å²) in [7, 11) is 0. The molecule has 0 aliphatic carbocycles. The molecule has 0 amide bonds. The van der Waals surface area contributed by atoms with Gasteiger partial charge < -0.3 is 9.80 Å². The first-order valence-electron chi connectivity index (χ1n) is 11.0. The fraction of sp³-hybridized carbons (Fsp3) is 0. The predicted molar refractivity (Wildman–Crippen MR) is 146 cm³/mol. The van der Waals surface area contributed by atoms with Crippen LogP contribution in [-0.2, 0) is 0 Å². The van der Waals surface area contributed by atoms with Crippen molar-refractivity contribution in [2.24, 2.45) is 0 Å². The van der Waals surface area contributed by atoms with Gasteiger partial charge in [-0.2, -0.15) is 0 Å². The van der Waals surface area contributed by atoms with Crippen molar-refractivity contribution in [3.05, 3.63) is 144 Å². The van der Waals surface area contributed by atoms with Crippen LogP contribution < -0.4 is 9.80 Å². The summed E-state index contributed by atoms with van der Waals surface area (Å²) < 4.78 is 0. The zero-order valence-electron chi connectivity index (χ0n) is 18.4. The van der Waals surface area contributed by atoms with Gasteiger partial charge in [0.25, 0.3) is 0 Å². The average Bonchev–Trinajstić information content (AvgIpc) is 2.90. The van der Waals surface area contributed by atoms with E-state index in [0.29, 0.717) is 10.0 Å². The van der Waals surface area contributed by atoms with Crippen LogP contribution in [0.25, 0.3) is 0 Å². The molecule has 0 fully saturated rings. The number of nitrogens with zero attached hydrogens (tertiary/aromatic N) is 2. The summed E-state index contributed by atoms with van der Waals surface area (Å²) in [5.74, 6) is 0. The minimum absolute atomic E-state index is 0.489. The molecule has 0 atom stereocenters. The van der Waals surface area contributed by atoms with Crippen molar-refractivity contribution in [2.45, 2.75) is 0 Å². The lowest BCUT2D eigenvalue weighted by Crippen LogP contribution is -2.13. The number of hydrogen-bond acceptors (Lipinski definition) is 2. The van der Waals surface area contributed by atoms with Crippen molar-refractivity contribution in [1.82, 2.24) is 0 Å². The maximum atomic E-state index is 6.86. The topological polar surface area (TPSA) is 6.48 Å². The number of anilines is 6. The van der Waals surface area contributed by atoms with Gasteiger partial charge >= 0.3 is 0 Å². The second-order valence-corrected chi connectivity index (χ2v) is 8.56. The van der Waals surface area contributed by atoms with Gasteiger partial charge in [-0.05, 0) is 60.7 Å². The third-order valence-electron chi connectivity index (χ3n) is 5.55. The Kier molecular flexibility index (Phi) is 6.53. The molecule has 166 valence electrons. The molecule has 0 unspecified atom stereocenters. The minimum Gasteiger partial charge on any atom is -0.310 e. The van der Waals surface area contributed by atoms with Crippen LogP contribution in [0, 0.1) is 0 Å². The Morgan fingerprint density at radius 2 is 0.735 bits per heavy atom. The molecule has 0 aliphatic heterocycles. The van der Waals surface area contributed by atoms with E-state index in [-0.39, 0.29) is 0 Å². The van der Waals surface area contributed by atoms with Crippen LogP contribution >= 0.6 is 23.2 Å². The Hall–Kier alpha value is -3.72. The largest absolute Gasteiger partial charge is 0.310 e. The first-order valence-corrected chi connectivity index (χ1v) is 11.8. The highest BCUT2D eigenvalue weighted by Gasteiger charge is 2.21. The van der Waals surface area contributed by atoms with E-state index in [9.17, 15) is 0 Å². The quantitative estimate of drug-likeness (QED) is 0.238. The number of halogens is 2. The van der Waals surface area contributed by atoms with Gasteiger partial charge in [-0.25, -0.2) is 0 Å². The van der Waals surface area contributed by atoms with Crippen molar-refractivity contribution in [3.63, 3.8) is 0 Å². The molecule has 0 spiro atoms. The number of para-hydroxylation sites is 4. The van der Waals surface area contributed by atoms with Gasteiger partial charge in [-0.15, -0.1) is 0 Å². The second-order valence-electron chi connectivity index (χ2n) is 7.77. The summed E-state index contributed by atoms with van der Waals surface area (Å²) in [6.45, 7) is 0. The Morgan fingerprint density at radius 1 is 0.382 bits per heavy atom. The molecular formula is C30H22Cl2N2. The summed E-state index contributed by atoms with van der Waals surface area (Å²) in [5, 5.41) is 0.988. The van der Waals surface area contributed by atoms with Crippen LogP contribution in [0.2, 0.25) is 10.0 Å². The van der Waals surface area contributed by atoms with Crippen molar-refractivity contribution < 1.29 is 0 Å². The predicted octanol–water partition coefficient (Wildman–Crippen LogP) is 9.93. The van der Waals surface area contributed by atoms with E-state index in [0.717, 1.165) is 34.1 Å². The van der Waals surface area contributed by atoms with Crippen LogP contribution in [0.4, 0.5) is 34.1 Å². The van der Waals surface area contributed by atoms with Gasteiger partial charge in [0, 0.05) is 28.4 Å². The molecule has 0 bridgehead atoms. The molecule has 2 nitrogen and oxygen atoms in total. The van der Waals surface area contributed by atoms with Crippen molar-refractivity contribution in [1.29, 1.82) is 0 Å². The molecule has 5 aromatic carbocycles. The first kappa shape index (κ1) is 22.1. The summed E-state index contributed by atoms with van der Waals surface area (Å²) >= 11 is 13.6. The Balaban J connectivity index is 1.73. The molecule has 0 heterocycles. The third kappa shape index (κ3) is 4.51. The van der Waals surface area contributed by atoms with Gasteiger partial charge in [0.15, 0.2) is 0 Å². The maximum Gasteiger partial charge on any atom is 0.0834 e. The van der Waals surface area contributed by atoms with Crippen molar-refractivity contribution >= 4 is 57.3 Å². The highest BCUT2D eigenvalue weighted by molar-refractivity contribution is 6.44. The molecular weight excluding hydrogens is 459 g/mol. The highest BCUT2D eigenvalue weighted by atomic mass is 35.5. The maximum absolute atomic E-state index is 6.86. The number of rotatable bonds is 6. The van der Waals surface area contributed by atoms with E-state index in [1.807, 2.05) is 78.9 Å². The van der Waals surface area contributed by atoms with Gasteiger partial charge in [-0.1, -0.05) is 96.0 Å². The summed E-state index contributed by atoms with van der Waals surface area (Å²) in [5.41, 5.74) is 5.77. The third-order valence-corrected chi connectivity index (χ3v) is 6.34. The van der Waals surface area contributed by atoms with E-state index >= 15 is 0 Å². The van der Waals surface area contributed by atoms with Crippen LogP contribution in [-0.4, -0.2) is 0 Å². The van der Waals surface area contributed by atoms with Gasteiger partial charge in [-0.3, -0.25) is 0 Å². The van der Waals surface area contributed by atoms with Crippen LogP contribution in [0.1, 0.15) is 0 Å². The Labute approximate surface area is 210 Å². The van der Waals surface area contributed by atoms with Crippen molar-refractivity contribution in [3.8, 4) is 0 Å². The van der Waals surface area contributed by atoms with Crippen LogP contribution in [0.15, 0.2) is 133 Å².